The van der Waals surface area contributed by atoms with Gasteiger partial charge in [0.2, 0.25) is 0 Å². The second-order valence-electron chi connectivity index (χ2n) is 6.11. The zero-order valence-electron chi connectivity index (χ0n) is 15.6. The summed E-state index contributed by atoms with van der Waals surface area (Å²) in [6, 6.07) is 9.66. The van der Waals surface area contributed by atoms with Crippen molar-refractivity contribution in [3.8, 4) is 23.0 Å². The van der Waals surface area contributed by atoms with Crippen LogP contribution in [0.5, 0.6) is 23.0 Å². The fourth-order valence-corrected chi connectivity index (χ4v) is 2.85. The van der Waals surface area contributed by atoms with Crippen molar-refractivity contribution >= 4 is 5.91 Å². The predicted octanol–water partition coefficient (Wildman–Crippen LogP) is 3.73. The van der Waals surface area contributed by atoms with Gasteiger partial charge in [-0.3, -0.25) is 4.79 Å². The second kappa shape index (κ2) is 8.77. The maximum absolute atomic E-state index is 12.7. The first kappa shape index (κ1) is 19.7. The molecule has 1 heterocycles. The summed E-state index contributed by atoms with van der Waals surface area (Å²) in [5, 5.41) is 0. The number of amides is 1. The minimum Gasteiger partial charge on any atom is -0.490 e. The SMILES string of the molecule is CCOc1cc(CN(C)C(=O)c2ccc3c(c2)OCCO3)ccc1OC(F)F. The Labute approximate surface area is 161 Å². The molecule has 0 atom stereocenters. The lowest BCUT2D eigenvalue weighted by Crippen LogP contribution is -2.26. The molecule has 1 aliphatic rings. The molecule has 2 aromatic carbocycles. The normalized spacial score (nSPS) is 12.6. The van der Waals surface area contributed by atoms with Crippen LogP contribution in [0.25, 0.3) is 0 Å². The minimum atomic E-state index is -2.94. The van der Waals surface area contributed by atoms with Gasteiger partial charge in [-0.05, 0) is 42.8 Å². The van der Waals surface area contributed by atoms with Crippen LogP contribution in [0.3, 0.4) is 0 Å². The van der Waals surface area contributed by atoms with Crippen LogP contribution in [0.2, 0.25) is 0 Å². The number of rotatable bonds is 7. The largest absolute Gasteiger partial charge is 0.490 e. The van der Waals surface area contributed by atoms with E-state index in [1.54, 1.807) is 44.3 Å². The van der Waals surface area contributed by atoms with E-state index in [9.17, 15) is 13.6 Å². The molecule has 1 aliphatic heterocycles. The van der Waals surface area contributed by atoms with E-state index in [1.165, 1.54) is 11.0 Å². The van der Waals surface area contributed by atoms with Gasteiger partial charge in [0.05, 0.1) is 6.61 Å². The van der Waals surface area contributed by atoms with Crippen LogP contribution in [-0.4, -0.2) is 44.3 Å². The molecular weight excluding hydrogens is 372 g/mol. The third-order valence-corrected chi connectivity index (χ3v) is 4.08. The summed E-state index contributed by atoms with van der Waals surface area (Å²) < 4.78 is 45.8. The maximum Gasteiger partial charge on any atom is 0.387 e. The number of carbonyl (C=O) groups excluding carboxylic acids is 1. The average Bonchev–Trinajstić information content (AvgIpc) is 2.69. The van der Waals surface area contributed by atoms with Crippen molar-refractivity contribution in [2.75, 3.05) is 26.9 Å². The van der Waals surface area contributed by atoms with Crippen molar-refractivity contribution in [3.05, 3.63) is 47.5 Å². The molecule has 2 aromatic rings. The lowest BCUT2D eigenvalue weighted by molar-refractivity contribution is -0.0514. The van der Waals surface area contributed by atoms with Gasteiger partial charge in [-0.15, -0.1) is 0 Å². The Morgan fingerprint density at radius 2 is 1.86 bits per heavy atom. The second-order valence-corrected chi connectivity index (χ2v) is 6.11. The Morgan fingerprint density at radius 3 is 2.57 bits per heavy atom. The molecule has 0 fully saturated rings. The summed E-state index contributed by atoms with van der Waals surface area (Å²) in [7, 11) is 1.66. The van der Waals surface area contributed by atoms with Crippen LogP contribution in [0.1, 0.15) is 22.8 Å². The number of hydrogen-bond acceptors (Lipinski definition) is 5. The Hall–Kier alpha value is -3.03. The Kier molecular flexibility index (Phi) is 6.18. The highest BCUT2D eigenvalue weighted by molar-refractivity contribution is 5.94. The van der Waals surface area contributed by atoms with Crippen molar-refractivity contribution in [3.63, 3.8) is 0 Å². The standard InChI is InChI=1S/C20H21F2NO5/c1-3-25-17-10-13(4-6-16(17)28-20(21)22)12-23(2)19(24)14-5-7-15-18(11-14)27-9-8-26-15/h4-7,10-11,20H,3,8-9,12H2,1-2H3. The van der Waals surface area contributed by atoms with E-state index in [2.05, 4.69) is 4.74 Å². The van der Waals surface area contributed by atoms with E-state index in [1.807, 2.05) is 0 Å². The highest BCUT2D eigenvalue weighted by Crippen LogP contribution is 2.32. The number of ether oxygens (including phenoxy) is 4. The minimum absolute atomic E-state index is 0.0404. The zero-order valence-corrected chi connectivity index (χ0v) is 15.6. The highest BCUT2D eigenvalue weighted by Gasteiger charge is 2.18. The molecule has 0 unspecified atom stereocenters. The number of benzene rings is 2. The van der Waals surface area contributed by atoms with E-state index in [4.69, 9.17) is 14.2 Å². The van der Waals surface area contributed by atoms with Gasteiger partial charge in [-0.2, -0.15) is 8.78 Å². The molecule has 0 bridgehead atoms. The topological polar surface area (TPSA) is 57.2 Å². The van der Waals surface area contributed by atoms with Crippen LogP contribution in [0.4, 0.5) is 8.78 Å². The smallest absolute Gasteiger partial charge is 0.387 e. The van der Waals surface area contributed by atoms with Crippen molar-refractivity contribution in [1.29, 1.82) is 0 Å². The molecule has 0 spiro atoms. The van der Waals surface area contributed by atoms with Gasteiger partial charge in [-0.25, -0.2) is 0 Å². The number of fused-ring (bicyclic) bond motifs is 1. The molecule has 0 aromatic heterocycles. The van der Waals surface area contributed by atoms with E-state index in [0.717, 1.165) is 5.56 Å². The number of hydrogen-bond donors (Lipinski definition) is 0. The fraction of sp³-hybridized carbons (Fsp3) is 0.350. The fourth-order valence-electron chi connectivity index (χ4n) is 2.85. The first-order chi connectivity index (χ1) is 13.5. The number of halogens is 2. The number of carbonyl (C=O) groups is 1. The molecule has 6 nitrogen and oxygen atoms in total. The number of nitrogens with zero attached hydrogens (tertiary/aromatic N) is 1. The summed E-state index contributed by atoms with van der Waals surface area (Å²) in [5.74, 6) is 1.11. The van der Waals surface area contributed by atoms with Crippen molar-refractivity contribution in [2.45, 2.75) is 20.1 Å². The van der Waals surface area contributed by atoms with E-state index in [0.29, 0.717) is 36.9 Å². The Bertz CT molecular complexity index is 843. The zero-order chi connectivity index (χ0) is 20.1. The Morgan fingerprint density at radius 1 is 1.11 bits per heavy atom. The molecule has 0 N–H and O–H groups in total. The monoisotopic (exact) mass is 393 g/mol. The van der Waals surface area contributed by atoms with Gasteiger partial charge < -0.3 is 23.8 Å². The van der Waals surface area contributed by atoms with Crippen LogP contribution in [0, 0.1) is 0 Å². The molecule has 3 rings (SSSR count). The molecule has 8 heteroatoms. The summed E-state index contributed by atoms with van der Waals surface area (Å²) in [5.41, 5.74) is 1.19. The van der Waals surface area contributed by atoms with Crippen LogP contribution < -0.4 is 18.9 Å². The van der Waals surface area contributed by atoms with Crippen LogP contribution in [-0.2, 0) is 6.54 Å². The Balaban J connectivity index is 1.73. The van der Waals surface area contributed by atoms with Gasteiger partial charge in [0, 0.05) is 19.2 Å². The van der Waals surface area contributed by atoms with Crippen molar-refractivity contribution < 1.29 is 32.5 Å². The van der Waals surface area contributed by atoms with Gasteiger partial charge in [0.15, 0.2) is 23.0 Å². The van der Waals surface area contributed by atoms with E-state index in [-0.39, 0.29) is 24.0 Å². The van der Waals surface area contributed by atoms with Gasteiger partial charge in [0.1, 0.15) is 13.2 Å². The van der Waals surface area contributed by atoms with Gasteiger partial charge >= 0.3 is 6.61 Å². The third-order valence-electron chi connectivity index (χ3n) is 4.08. The van der Waals surface area contributed by atoms with Crippen LogP contribution >= 0.6 is 0 Å². The first-order valence-corrected chi connectivity index (χ1v) is 8.83. The summed E-state index contributed by atoms with van der Waals surface area (Å²) in [4.78, 5) is 14.3. The third kappa shape index (κ3) is 4.62. The van der Waals surface area contributed by atoms with Gasteiger partial charge in [0.25, 0.3) is 5.91 Å². The lowest BCUT2D eigenvalue weighted by atomic mass is 10.1. The highest BCUT2D eigenvalue weighted by atomic mass is 19.3. The molecule has 0 radical (unpaired) electrons. The first-order valence-electron chi connectivity index (χ1n) is 8.83. The lowest BCUT2D eigenvalue weighted by Gasteiger charge is -2.21. The number of alkyl halides is 2. The molecule has 0 aliphatic carbocycles. The molecule has 0 saturated heterocycles. The molecule has 150 valence electrons. The molecule has 0 saturated carbocycles. The quantitative estimate of drug-likeness (QED) is 0.718. The van der Waals surface area contributed by atoms with Crippen LogP contribution in [0.15, 0.2) is 36.4 Å². The molecule has 1 amide bonds. The summed E-state index contributed by atoms with van der Waals surface area (Å²) in [6.07, 6.45) is 0. The predicted molar refractivity (Wildman–Crippen MR) is 97.5 cm³/mol. The average molecular weight is 393 g/mol. The van der Waals surface area contributed by atoms with Gasteiger partial charge in [-0.1, -0.05) is 6.07 Å². The van der Waals surface area contributed by atoms with Crippen molar-refractivity contribution in [2.24, 2.45) is 0 Å². The summed E-state index contributed by atoms with van der Waals surface area (Å²) in [6.45, 7) is 0.291. The molecular formula is C20H21F2NO5. The van der Waals surface area contributed by atoms with Crippen molar-refractivity contribution in [1.82, 2.24) is 4.90 Å². The maximum atomic E-state index is 12.7. The van der Waals surface area contributed by atoms with E-state index >= 15 is 0 Å². The van der Waals surface area contributed by atoms with E-state index < -0.39 is 6.61 Å². The summed E-state index contributed by atoms with van der Waals surface area (Å²) >= 11 is 0. The molecule has 28 heavy (non-hydrogen) atoms.